The van der Waals surface area contributed by atoms with Gasteiger partial charge in [0.05, 0.1) is 20.1 Å². The maximum Gasteiger partial charge on any atom is 0.310 e. The van der Waals surface area contributed by atoms with Crippen LogP contribution >= 0.6 is 0 Å². The van der Waals surface area contributed by atoms with E-state index in [1.807, 2.05) is 0 Å². The lowest BCUT2D eigenvalue weighted by molar-refractivity contribution is -0.143. The second-order valence-corrected chi connectivity index (χ2v) is 4.59. The second kappa shape index (κ2) is 6.89. The van der Waals surface area contributed by atoms with Gasteiger partial charge in [0.15, 0.2) is 11.5 Å². The largest absolute Gasteiger partial charge is 0.504 e. The van der Waals surface area contributed by atoms with E-state index >= 15 is 0 Å². The molecule has 0 atom stereocenters. The minimum absolute atomic E-state index is 0.0643. The van der Waals surface area contributed by atoms with Gasteiger partial charge in [-0.2, -0.15) is 0 Å². The molecular weight excluding hydrogens is 232 g/mol. The van der Waals surface area contributed by atoms with Gasteiger partial charge in [0, 0.05) is 0 Å². The van der Waals surface area contributed by atoms with Crippen LogP contribution in [0, 0.1) is 5.92 Å². The van der Waals surface area contributed by atoms with Crippen LogP contribution in [0.15, 0.2) is 18.2 Å². The molecule has 0 amide bonds. The van der Waals surface area contributed by atoms with E-state index in [1.165, 1.54) is 13.2 Å². The van der Waals surface area contributed by atoms with Crippen LogP contribution in [0.2, 0.25) is 0 Å². The Kier molecular flexibility index (Phi) is 5.49. The molecule has 0 bridgehead atoms. The molecule has 0 spiro atoms. The van der Waals surface area contributed by atoms with Crippen molar-refractivity contribution < 1.29 is 19.4 Å². The van der Waals surface area contributed by atoms with Crippen LogP contribution in [0.1, 0.15) is 25.8 Å². The molecule has 18 heavy (non-hydrogen) atoms. The number of benzene rings is 1. The summed E-state index contributed by atoms with van der Waals surface area (Å²) >= 11 is 0. The topological polar surface area (TPSA) is 55.8 Å². The fraction of sp³-hybridized carbons (Fsp3) is 0.500. The lowest BCUT2D eigenvalue weighted by Gasteiger charge is -2.08. The first-order chi connectivity index (χ1) is 8.52. The molecule has 1 aromatic carbocycles. The molecule has 100 valence electrons. The Morgan fingerprint density at radius 2 is 2.11 bits per heavy atom. The van der Waals surface area contributed by atoms with Crippen LogP contribution in [-0.4, -0.2) is 24.8 Å². The number of rotatable bonds is 6. The molecule has 0 aliphatic heterocycles. The summed E-state index contributed by atoms with van der Waals surface area (Å²) in [5.41, 5.74) is 0.763. The third kappa shape index (κ3) is 4.65. The molecule has 1 N–H and O–H groups in total. The van der Waals surface area contributed by atoms with Crippen molar-refractivity contribution in [2.75, 3.05) is 13.7 Å². The van der Waals surface area contributed by atoms with Gasteiger partial charge in [-0.3, -0.25) is 4.79 Å². The lowest BCUT2D eigenvalue weighted by Crippen LogP contribution is -2.10. The van der Waals surface area contributed by atoms with Gasteiger partial charge in [-0.05, 0) is 30.0 Å². The molecule has 0 aromatic heterocycles. The van der Waals surface area contributed by atoms with Crippen LogP contribution in [-0.2, 0) is 16.0 Å². The highest BCUT2D eigenvalue weighted by Gasteiger charge is 2.08. The number of esters is 1. The van der Waals surface area contributed by atoms with Crippen molar-refractivity contribution in [2.45, 2.75) is 26.7 Å². The molecule has 0 unspecified atom stereocenters. The van der Waals surface area contributed by atoms with Gasteiger partial charge in [-0.1, -0.05) is 19.9 Å². The predicted molar refractivity (Wildman–Crippen MR) is 68.8 cm³/mol. The summed E-state index contributed by atoms with van der Waals surface area (Å²) in [6, 6.07) is 4.83. The fourth-order valence-corrected chi connectivity index (χ4v) is 1.46. The number of ether oxygens (including phenoxy) is 2. The monoisotopic (exact) mass is 252 g/mol. The van der Waals surface area contributed by atoms with Crippen LogP contribution in [0.25, 0.3) is 0 Å². The summed E-state index contributed by atoms with van der Waals surface area (Å²) in [6.07, 6.45) is 1.05. The Hall–Kier alpha value is -1.71. The van der Waals surface area contributed by atoms with Crippen molar-refractivity contribution in [3.63, 3.8) is 0 Å². The van der Waals surface area contributed by atoms with Crippen molar-refractivity contribution in [3.8, 4) is 11.5 Å². The molecule has 0 radical (unpaired) electrons. The van der Waals surface area contributed by atoms with Gasteiger partial charge in [0.1, 0.15) is 0 Å². The van der Waals surface area contributed by atoms with Gasteiger partial charge in [-0.25, -0.2) is 0 Å². The molecule has 4 heteroatoms. The smallest absolute Gasteiger partial charge is 0.310 e. The van der Waals surface area contributed by atoms with Gasteiger partial charge in [0.2, 0.25) is 0 Å². The number of aromatic hydroxyl groups is 1. The van der Waals surface area contributed by atoms with Crippen molar-refractivity contribution in [3.05, 3.63) is 23.8 Å². The standard InChI is InChI=1S/C14H20O4/c1-10(2)6-7-18-14(16)9-11-4-5-12(15)13(8-11)17-3/h4-5,8,10,15H,6-7,9H2,1-3H3. The van der Waals surface area contributed by atoms with E-state index in [-0.39, 0.29) is 18.1 Å². The van der Waals surface area contributed by atoms with Crippen molar-refractivity contribution in [1.29, 1.82) is 0 Å². The Bertz CT molecular complexity index is 399. The van der Waals surface area contributed by atoms with Crippen LogP contribution < -0.4 is 4.74 Å². The van der Waals surface area contributed by atoms with Crippen molar-refractivity contribution in [2.24, 2.45) is 5.92 Å². The normalized spacial score (nSPS) is 10.4. The van der Waals surface area contributed by atoms with Crippen molar-refractivity contribution in [1.82, 2.24) is 0 Å². The summed E-state index contributed by atoms with van der Waals surface area (Å²) in [4.78, 5) is 11.6. The predicted octanol–water partition coefficient (Wildman–Crippen LogP) is 2.53. The highest BCUT2D eigenvalue weighted by atomic mass is 16.5. The third-order valence-electron chi connectivity index (χ3n) is 2.55. The SMILES string of the molecule is COc1cc(CC(=O)OCCC(C)C)ccc1O. The van der Waals surface area contributed by atoms with Gasteiger partial charge in [-0.15, -0.1) is 0 Å². The third-order valence-corrected chi connectivity index (χ3v) is 2.55. The number of hydrogen-bond donors (Lipinski definition) is 1. The highest BCUT2D eigenvalue weighted by Crippen LogP contribution is 2.26. The zero-order chi connectivity index (χ0) is 13.5. The van der Waals surface area contributed by atoms with E-state index < -0.39 is 0 Å². The molecule has 4 nitrogen and oxygen atoms in total. The van der Waals surface area contributed by atoms with E-state index in [4.69, 9.17) is 9.47 Å². The molecule has 1 aromatic rings. The molecule has 0 aliphatic rings. The number of methoxy groups -OCH3 is 1. The molecule has 1 rings (SSSR count). The first-order valence-corrected chi connectivity index (χ1v) is 6.04. The maximum absolute atomic E-state index is 11.6. The average molecular weight is 252 g/mol. The second-order valence-electron chi connectivity index (χ2n) is 4.59. The summed E-state index contributed by atoms with van der Waals surface area (Å²) in [6.45, 7) is 4.61. The summed E-state index contributed by atoms with van der Waals surface area (Å²) < 4.78 is 10.1. The number of hydrogen-bond acceptors (Lipinski definition) is 4. The first kappa shape index (κ1) is 14.4. The Labute approximate surface area is 108 Å². The molecule has 0 saturated carbocycles. The Morgan fingerprint density at radius 1 is 1.39 bits per heavy atom. The average Bonchev–Trinajstić information content (AvgIpc) is 2.31. The summed E-state index contributed by atoms with van der Waals surface area (Å²) in [7, 11) is 1.47. The zero-order valence-electron chi connectivity index (χ0n) is 11.1. The number of phenolic OH excluding ortho intramolecular Hbond substituents is 1. The molecule has 0 saturated heterocycles. The van der Waals surface area contributed by atoms with Crippen molar-refractivity contribution >= 4 is 5.97 Å². The van der Waals surface area contributed by atoms with Gasteiger partial charge < -0.3 is 14.6 Å². The fourth-order valence-electron chi connectivity index (χ4n) is 1.46. The van der Waals surface area contributed by atoms with E-state index in [0.717, 1.165) is 12.0 Å². The Balaban J connectivity index is 2.49. The number of carbonyl (C=O) groups is 1. The molecule has 0 aliphatic carbocycles. The van der Waals surface area contributed by atoms with Crippen LogP contribution in [0.3, 0.4) is 0 Å². The van der Waals surface area contributed by atoms with Gasteiger partial charge in [0.25, 0.3) is 0 Å². The molecular formula is C14H20O4. The Morgan fingerprint density at radius 3 is 2.72 bits per heavy atom. The molecule has 0 heterocycles. The van der Waals surface area contributed by atoms with E-state index in [1.54, 1.807) is 12.1 Å². The maximum atomic E-state index is 11.6. The minimum atomic E-state index is -0.261. The summed E-state index contributed by atoms with van der Waals surface area (Å²) in [5.74, 6) is 0.687. The quantitative estimate of drug-likeness (QED) is 0.790. The summed E-state index contributed by atoms with van der Waals surface area (Å²) in [5, 5.41) is 9.43. The molecule has 0 fully saturated rings. The van der Waals surface area contributed by atoms with Crippen LogP contribution in [0.5, 0.6) is 11.5 Å². The number of carbonyl (C=O) groups excluding carboxylic acids is 1. The minimum Gasteiger partial charge on any atom is -0.504 e. The zero-order valence-corrected chi connectivity index (χ0v) is 11.1. The first-order valence-electron chi connectivity index (χ1n) is 6.04. The van der Waals surface area contributed by atoms with E-state index in [0.29, 0.717) is 18.3 Å². The number of phenols is 1. The lowest BCUT2D eigenvalue weighted by atomic mass is 10.1. The highest BCUT2D eigenvalue weighted by molar-refractivity contribution is 5.72. The van der Waals surface area contributed by atoms with E-state index in [9.17, 15) is 9.90 Å². The van der Waals surface area contributed by atoms with Gasteiger partial charge >= 0.3 is 5.97 Å². The van der Waals surface area contributed by atoms with Crippen LogP contribution in [0.4, 0.5) is 0 Å². The van der Waals surface area contributed by atoms with E-state index in [2.05, 4.69) is 13.8 Å².